The van der Waals surface area contributed by atoms with Gasteiger partial charge in [0.05, 0.1) is 28.2 Å². The summed E-state index contributed by atoms with van der Waals surface area (Å²) in [6.07, 6.45) is 0. The van der Waals surface area contributed by atoms with Crippen LogP contribution < -0.4 is 0 Å². The van der Waals surface area contributed by atoms with Gasteiger partial charge in [0.1, 0.15) is 5.82 Å². The average Bonchev–Trinajstić information content (AvgIpc) is 2.93. The predicted octanol–water partition coefficient (Wildman–Crippen LogP) is 2.77. The van der Waals surface area contributed by atoms with Crippen molar-refractivity contribution in [3.05, 3.63) is 55.8 Å². The summed E-state index contributed by atoms with van der Waals surface area (Å²) in [5, 5.41) is 12.6. The fraction of sp³-hybridized carbons (Fsp3) is 0.231. The molecule has 0 atom stereocenters. The summed E-state index contributed by atoms with van der Waals surface area (Å²) in [6.45, 7) is 1.60. The molecule has 6 nitrogen and oxygen atoms in total. The topological polar surface area (TPSA) is 76.3 Å². The van der Waals surface area contributed by atoms with E-state index in [1.807, 2.05) is 0 Å². The second-order valence-electron chi connectivity index (χ2n) is 4.52. The van der Waals surface area contributed by atoms with Crippen LogP contribution in [0.1, 0.15) is 21.6 Å². The Labute approximate surface area is 124 Å². The lowest BCUT2D eigenvalue weighted by atomic mass is 10.1. The molecule has 0 saturated carbocycles. The zero-order chi connectivity index (χ0) is 15.6. The van der Waals surface area contributed by atoms with E-state index in [-0.39, 0.29) is 23.4 Å². The molecule has 0 bridgehead atoms. The maximum Gasteiger partial charge on any atom is 0.270 e. The van der Waals surface area contributed by atoms with Crippen LogP contribution in [0.5, 0.6) is 0 Å². The van der Waals surface area contributed by atoms with E-state index in [1.165, 1.54) is 30.2 Å². The summed E-state index contributed by atoms with van der Waals surface area (Å²) in [7, 11) is 1.50. The molecule has 1 amide bonds. The first-order valence-corrected chi connectivity index (χ1v) is 6.91. The van der Waals surface area contributed by atoms with Gasteiger partial charge in [-0.15, -0.1) is 11.3 Å². The molecule has 0 spiro atoms. The fourth-order valence-corrected chi connectivity index (χ4v) is 2.40. The van der Waals surface area contributed by atoms with Gasteiger partial charge in [0.15, 0.2) is 0 Å². The Kier molecular flexibility index (Phi) is 4.27. The van der Waals surface area contributed by atoms with Crippen molar-refractivity contribution in [3.8, 4) is 0 Å². The molecule has 1 aromatic heterocycles. The monoisotopic (exact) mass is 309 g/mol. The summed E-state index contributed by atoms with van der Waals surface area (Å²) in [6, 6.07) is 2.06. The highest BCUT2D eigenvalue weighted by Gasteiger charge is 2.22. The second kappa shape index (κ2) is 5.96. The van der Waals surface area contributed by atoms with Gasteiger partial charge < -0.3 is 4.90 Å². The molecule has 2 aromatic rings. The van der Waals surface area contributed by atoms with Gasteiger partial charge >= 0.3 is 0 Å². The van der Waals surface area contributed by atoms with Crippen molar-refractivity contribution in [2.24, 2.45) is 0 Å². The highest BCUT2D eigenvalue weighted by Crippen LogP contribution is 2.22. The average molecular weight is 309 g/mol. The van der Waals surface area contributed by atoms with Crippen LogP contribution >= 0.6 is 11.3 Å². The number of nitrogens with zero attached hydrogens (tertiary/aromatic N) is 3. The molecule has 1 heterocycles. The molecule has 110 valence electrons. The maximum atomic E-state index is 14.1. The summed E-state index contributed by atoms with van der Waals surface area (Å²) in [4.78, 5) is 27.7. The van der Waals surface area contributed by atoms with Crippen molar-refractivity contribution in [3.63, 3.8) is 0 Å². The van der Waals surface area contributed by atoms with Crippen LogP contribution in [-0.2, 0) is 6.54 Å². The van der Waals surface area contributed by atoms with Crippen LogP contribution in [0.25, 0.3) is 0 Å². The lowest BCUT2D eigenvalue weighted by Crippen LogP contribution is -2.27. The molecule has 0 fully saturated rings. The minimum Gasteiger partial charge on any atom is -0.336 e. The normalized spacial score (nSPS) is 10.4. The number of amides is 1. The van der Waals surface area contributed by atoms with Crippen molar-refractivity contribution in [2.45, 2.75) is 13.5 Å². The smallest absolute Gasteiger partial charge is 0.270 e. The largest absolute Gasteiger partial charge is 0.336 e. The standard InChI is InChI=1S/C13H12FN3O3S/c1-8-3-10(17(19)20)4-11(12(8)14)13(18)16(2)5-9-6-21-7-15-9/h3-4,6-7H,5H2,1-2H3. The zero-order valence-corrected chi connectivity index (χ0v) is 12.2. The van der Waals surface area contributed by atoms with Crippen LogP contribution in [0.3, 0.4) is 0 Å². The highest BCUT2D eigenvalue weighted by molar-refractivity contribution is 7.07. The molecular weight excluding hydrogens is 297 g/mol. The maximum absolute atomic E-state index is 14.1. The number of nitro groups is 1. The number of nitro benzene ring substituents is 1. The third-order valence-electron chi connectivity index (χ3n) is 2.91. The fourth-order valence-electron chi connectivity index (χ4n) is 1.85. The van der Waals surface area contributed by atoms with Gasteiger partial charge in [-0.05, 0) is 12.5 Å². The second-order valence-corrected chi connectivity index (χ2v) is 5.24. The lowest BCUT2D eigenvalue weighted by molar-refractivity contribution is -0.385. The highest BCUT2D eigenvalue weighted by atomic mass is 32.1. The van der Waals surface area contributed by atoms with Crippen LogP contribution in [0.2, 0.25) is 0 Å². The van der Waals surface area contributed by atoms with Crippen molar-refractivity contribution in [2.75, 3.05) is 7.05 Å². The number of aromatic nitrogens is 1. The van der Waals surface area contributed by atoms with E-state index < -0.39 is 16.6 Å². The minimum absolute atomic E-state index is 0.0645. The molecule has 1 aromatic carbocycles. The zero-order valence-electron chi connectivity index (χ0n) is 11.4. The number of carbonyl (C=O) groups is 1. The van der Waals surface area contributed by atoms with Gasteiger partial charge in [-0.2, -0.15) is 0 Å². The van der Waals surface area contributed by atoms with Crippen LogP contribution in [0, 0.1) is 22.9 Å². The summed E-state index contributed by atoms with van der Waals surface area (Å²) < 4.78 is 14.1. The first kappa shape index (κ1) is 15.0. The Morgan fingerprint density at radius 2 is 2.24 bits per heavy atom. The van der Waals surface area contributed by atoms with Gasteiger partial charge in [0.25, 0.3) is 11.6 Å². The number of non-ortho nitro benzene ring substituents is 1. The summed E-state index contributed by atoms with van der Waals surface area (Å²) >= 11 is 1.39. The van der Waals surface area contributed by atoms with E-state index in [0.717, 1.165) is 12.1 Å². The Balaban J connectivity index is 2.31. The van der Waals surface area contributed by atoms with Crippen LogP contribution in [-0.4, -0.2) is 27.8 Å². The molecule has 0 aliphatic heterocycles. The van der Waals surface area contributed by atoms with Gasteiger partial charge in [0, 0.05) is 24.6 Å². The number of aryl methyl sites for hydroxylation is 1. The van der Waals surface area contributed by atoms with E-state index in [9.17, 15) is 19.3 Å². The molecule has 0 saturated heterocycles. The Hall–Kier alpha value is -2.35. The molecule has 0 radical (unpaired) electrons. The van der Waals surface area contributed by atoms with Crippen LogP contribution in [0.4, 0.5) is 10.1 Å². The van der Waals surface area contributed by atoms with E-state index in [4.69, 9.17) is 0 Å². The number of hydrogen-bond donors (Lipinski definition) is 0. The molecule has 0 unspecified atom stereocenters. The minimum atomic E-state index is -0.740. The number of halogens is 1. The molecule has 0 aliphatic carbocycles. The van der Waals surface area contributed by atoms with Gasteiger partial charge in [-0.3, -0.25) is 14.9 Å². The molecule has 21 heavy (non-hydrogen) atoms. The van der Waals surface area contributed by atoms with Gasteiger partial charge in [0.2, 0.25) is 0 Å². The quantitative estimate of drug-likeness (QED) is 0.643. The van der Waals surface area contributed by atoms with Gasteiger partial charge in [-0.25, -0.2) is 9.37 Å². The van der Waals surface area contributed by atoms with Gasteiger partial charge in [-0.1, -0.05) is 0 Å². The van der Waals surface area contributed by atoms with Crippen molar-refractivity contribution >= 4 is 22.9 Å². The van der Waals surface area contributed by atoms with E-state index >= 15 is 0 Å². The Bertz CT molecular complexity index is 688. The third-order valence-corrected chi connectivity index (χ3v) is 3.55. The molecule has 2 rings (SSSR count). The van der Waals surface area contributed by atoms with E-state index in [1.54, 1.807) is 10.9 Å². The number of benzene rings is 1. The molecule has 0 N–H and O–H groups in total. The number of hydrogen-bond acceptors (Lipinski definition) is 5. The Morgan fingerprint density at radius 1 is 1.52 bits per heavy atom. The Morgan fingerprint density at radius 3 is 2.81 bits per heavy atom. The van der Waals surface area contributed by atoms with Crippen molar-refractivity contribution < 1.29 is 14.1 Å². The molecular formula is C13H12FN3O3S. The lowest BCUT2D eigenvalue weighted by Gasteiger charge is -2.16. The predicted molar refractivity (Wildman–Crippen MR) is 75.7 cm³/mol. The van der Waals surface area contributed by atoms with E-state index in [0.29, 0.717) is 5.69 Å². The van der Waals surface area contributed by atoms with E-state index in [2.05, 4.69) is 4.98 Å². The summed E-state index contributed by atoms with van der Waals surface area (Å²) in [5.41, 5.74) is 1.76. The van der Waals surface area contributed by atoms with Crippen LogP contribution in [0.15, 0.2) is 23.0 Å². The van der Waals surface area contributed by atoms with Crippen molar-refractivity contribution in [1.82, 2.24) is 9.88 Å². The molecule has 0 aliphatic rings. The molecule has 8 heteroatoms. The SMILES string of the molecule is Cc1cc([N+](=O)[O-])cc(C(=O)N(C)Cc2cscn2)c1F. The first-order valence-electron chi connectivity index (χ1n) is 5.97. The third kappa shape index (κ3) is 3.22. The first-order chi connectivity index (χ1) is 9.90. The number of carbonyl (C=O) groups excluding carboxylic acids is 1. The number of rotatable bonds is 4. The van der Waals surface area contributed by atoms with Crippen molar-refractivity contribution in [1.29, 1.82) is 0 Å². The summed E-state index contributed by atoms with van der Waals surface area (Å²) in [5.74, 6) is -1.36. The number of thiazole rings is 1.